The van der Waals surface area contributed by atoms with E-state index in [4.69, 9.17) is 4.74 Å². The molecule has 0 heterocycles. The second-order valence-electron chi connectivity index (χ2n) is 5.88. The van der Waals surface area contributed by atoms with Gasteiger partial charge in [-0.05, 0) is 43.3 Å². The molecule has 0 radical (unpaired) electrons. The first kappa shape index (κ1) is 20.0. The van der Waals surface area contributed by atoms with Gasteiger partial charge in [-0.2, -0.15) is 0 Å². The molecule has 0 fully saturated rings. The molecule has 0 saturated heterocycles. The van der Waals surface area contributed by atoms with E-state index in [-0.39, 0.29) is 17.7 Å². The Balaban J connectivity index is 1.82. The van der Waals surface area contributed by atoms with Gasteiger partial charge in [-0.3, -0.25) is 14.4 Å². The van der Waals surface area contributed by atoms with E-state index in [0.29, 0.717) is 30.1 Å². The number of hydrogen-bond acceptors (Lipinski definition) is 4. The van der Waals surface area contributed by atoms with E-state index in [9.17, 15) is 14.4 Å². The summed E-state index contributed by atoms with van der Waals surface area (Å²) in [4.78, 5) is 35.0. The van der Waals surface area contributed by atoms with Gasteiger partial charge in [-0.1, -0.05) is 18.2 Å². The van der Waals surface area contributed by atoms with Gasteiger partial charge in [0.05, 0.1) is 0 Å². The highest BCUT2D eigenvalue weighted by Gasteiger charge is 2.15. The summed E-state index contributed by atoms with van der Waals surface area (Å²) in [7, 11) is 0. The predicted octanol–water partition coefficient (Wildman–Crippen LogP) is 1.96. The summed E-state index contributed by atoms with van der Waals surface area (Å²) in [5, 5.41) is 8.05. The molecule has 142 valence electrons. The molecular formula is C20H23N3O4. The highest BCUT2D eigenvalue weighted by molar-refractivity contribution is 5.96. The van der Waals surface area contributed by atoms with Crippen molar-refractivity contribution in [2.45, 2.75) is 20.0 Å². The molecule has 0 saturated carbocycles. The topological polar surface area (TPSA) is 96.5 Å². The number of nitrogens with one attached hydrogen (secondary N) is 3. The van der Waals surface area contributed by atoms with Crippen molar-refractivity contribution in [3.63, 3.8) is 0 Å². The number of amides is 3. The Kier molecular flexibility index (Phi) is 7.37. The zero-order chi connectivity index (χ0) is 19.6. The number of benzene rings is 2. The molecule has 0 aromatic heterocycles. The van der Waals surface area contributed by atoms with Crippen molar-refractivity contribution >= 4 is 23.4 Å². The van der Waals surface area contributed by atoms with Crippen LogP contribution in [0, 0.1) is 0 Å². The zero-order valence-corrected chi connectivity index (χ0v) is 15.3. The molecule has 1 unspecified atom stereocenters. The Hall–Kier alpha value is -3.35. The van der Waals surface area contributed by atoms with Crippen LogP contribution in [0.15, 0.2) is 54.6 Å². The quantitative estimate of drug-likeness (QED) is 0.620. The van der Waals surface area contributed by atoms with Crippen LogP contribution in [0.2, 0.25) is 0 Å². The average Bonchev–Trinajstić information content (AvgIpc) is 2.66. The lowest BCUT2D eigenvalue weighted by molar-refractivity contribution is -0.122. The van der Waals surface area contributed by atoms with Crippen LogP contribution in [0.1, 0.15) is 24.2 Å². The van der Waals surface area contributed by atoms with E-state index in [1.54, 1.807) is 43.3 Å². The number of carbonyl (C=O) groups excluding carboxylic acids is 3. The minimum atomic E-state index is -0.663. The van der Waals surface area contributed by atoms with E-state index in [2.05, 4.69) is 16.0 Å². The van der Waals surface area contributed by atoms with Gasteiger partial charge in [0.15, 0.2) is 6.10 Å². The summed E-state index contributed by atoms with van der Waals surface area (Å²) in [6, 6.07) is 15.6. The maximum Gasteiger partial charge on any atom is 0.265 e. The Morgan fingerprint density at radius 3 is 2.19 bits per heavy atom. The van der Waals surface area contributed by atoms with Gasteiger partial charge in [-0.15, -0.1) is 0 Å². The molecule has 0 spiro atoms. The minimum absolute atomic E-state index is 0.144. The third kappa shape index (κ3) is 6.81. The van der Waals surface area contributed by atoms with Crippen molar-refractivity contribution in [2.24, 2.45) is 0 Å². The molecule has 3 amide bonds. The van der Waals surface area contributed by atoms with Crippen LogP contribution in [0.4, 0.5) is 5.69 Å². The third-order valence-electron chi connectivity index (χ3n) is 3.62. The Morgan fingerprint density at radius 2 is 1.56 bits per heavy atom. The van der Waals surface area contributed by atoms with Crippen LogP contribution >= 0.6 is 0 Å². The van der Waals surface area contributed by atoms with Crippen LogP contribution in [-0.2, 0) is 9.59 Å². The minimum Gasteiger partial charge on any atom is -0.481 e. The van der Waals surface area contributed by atoms with Gasteiger partial charge < -0.3 is 20.7 Å². The first-order valence-electron chi connectivity index (χ1n) is 8.61. The normalized spacial score (nSPS) is 11.2. The highest BCUT2D eigenvalue weighted by atomic mass is 16.5. The van der Waals surface area contributed by atoms with Crippen LogP contribution in [0.3, 0.4) is 0 Å². The smallest absolute Gasteiger partial charge is 0.265 e. The molecule has 2 rings (SSSR count). The maximum atomic E-state index is 12.2. The van der Waals surface area contributed by atoms with Gasteiger partial charge >= 0.3 is 0 Å². The van der Waals surface area contributed by atoms with Crippen LogP contribution in [0.25, 0.3) is 0 Å². The molecule has 0 aliphatic heterocycles. The summed E-state index contributed by atoms with van der Waals surface area (Å²) in [5.41, 5.74) is 1.03. The van der Waals surface area contributed by atoms with Crippen LogP contribution < -0.4 is 20.7 Å². The fourth-order valence-electron chi connectivity index (χ4n) is 2.22. The molecule has 0 aliphatic carbocycles. The van der Waals surface area contributed by atoms with E-state index in [0.717, 1.165) is 0 Å². The standard InChI is InChI=1S/C20H23N3O4/c1-14(27-18-6-4-3-5-7-18)19(25)23-17-10-8-16(9-11-17)20(26)22-13-12-21-15(2)24/h3-11,14H,12-13H2,1-2H3,(H,21,24)(H,22,26)(H,23,25). The van der Waals surface area contributed by atoms with Crippen LogP contribution in [0.5, 0.6) is 5.75 Å². The fraction of sp³-hybridized carbons (Fsp3) is 0.250. The molecular weight excluding hydrogens is 346 g/mol. The summed E-state index contributed by atoms with van der Waals surface area (Å²) in [6.45, 7) is 3.79. The summed E-state index contributed by atoms with van der Waals surface area (Å²) in [5.74, 6) is -0.0633. The largest absolute Gasteiger partial charge is 0.481 e. The molecule has 0 aliphatic rings. The number of hydrogen-bond donors (Lipinski definition) is 3. The van der Waals surface area contributed by atoms with E-state index < -0.39 is 6.10 Å². The summed E-state index contributed by atoms with van der Waals surface area (Å²) < 4.78 is 5.58. The maximum absolute atomic E-state index is 12.2. The summed E-state index contributed by atoms with van der Waals surface area (Å²) in [6.07, 6.45) is -0.663. The molecule has 7 heteroatoms. The lowest BCUT2D eigenvalue weighted by Gasteiger charge is -2.15. The second-order valence-corrected chi connectivity index (χ2v) is 5.88. The molecule has 2 aromatic rings. The Labute approximate surface area is 158 Å². The monoisotopic (exact) mass is 369 g/mol. The van der Waals surface area contributed by atoms with Gasteiger partial charge in [0.1, 0.15) is 5.75 Å². The highest BCUT2D eigenvalue weighted by Crippen LogP contribution is 2.13. The number of rotatable bonds is 8. The molecule has 7 nitrogen and oxygen atoms in total. The van der Waals surface area contributed by atoms with E-state index >= 15 is 0 Å². The third-order valence-corrected chi connectivity index (χ3v) is 3.62. The van der Waals surface area contributed by atoms with Gasteiger partial charge in [0, 0.05) is 31.3 Å². The fourth-order valence-corrected chi connectivity index (χ4v) is 2.22. The van der Waals surface area contributed by atoms with Crippen molar-refractivity contribution in [2.75, 3.05) is 18.4 Å². The number of para-hydroxylation sites is 1. The van der Waals surface area contributed by atoms with Gasteiger partial charge in [0.25, 0.3) is 11.8 Å². The second kappa shape index (κ2) is 9.96. The molecule has 0 bridgehead atoms. The van der Waals surface area contributed by atoms with E-state index in [1.807, 2.05) is 18.2 Å². The SMILES string of the molecule is CC(=O)NCCNC(=O)c1ccc(NC(=O)C(C)Oc2ccccc2)cc1. The lowest BCUT2D eigenvalue weighted by atomic mass is 10.2. The number of anilines is 1. The van der Waals surface area contributed by atoms with Crippen molar-refractivity contribution in [1.82, 2.24) is 10.6 Å². The van der Waals surface area contributed by atoms with Crippen molar-refractivity contribution < 1.29 is 19.1 Å². The van der Waals surface area contributed by atoms with E-state index in [1.165, 1.54) is 6.92 Å². The Morgan fingerprint density at radius 1 is 0.926 bits per heavy atom. The van der Waals surface area contributed by atoms with Crippen molar-refractivity contribution in [3.05, 3.63) is 60.2 Å². The van der Waals surface area contributed by atoms with Crippen molar-refractivity contribution in [3.8, 4) is 5.75 Å². The first-order valence-corrected chi connectivity index (χ1v) is 8.61. The van der Waals surface area contributed by atoms with Gasteiger partial charge in [0.2, 0.25) is 5.91 Å². The van der Waals surface area contributed by atoms with Gasteiger partial charge in [-0.25, -0.2) is 0 Å². The number of ether oxygens (including phenoxy) is 1. The molecule has 3 N–H and O–H groups in total. The molecule has 27 heavy (non-hydrogen) atoms. The molecule has 2 aromatic carbocycles. The number of carbonyl (C=O) groups is 3. The van der Waals surface area contributed by atoms with Crippen LogP contribution in [-0.4, -0.2) is 36.9 Å². The zero-order valence-electron chi connectivity index (χ0n) is 15.3. The average molecular weight is 369 g/mol. The predicted molar refractivity (Wildman–Crippen MR) is 103 cm³/mol. The van der Waals surface area contributed by atoms with Crippen molar-refractivity contribution in [1.29, 1.82) is 0 Å². The summed E-state index contributed by atoms with van der Waals surface area (Å²) >= 11 is 0. The molecule has 1 atom stereocenters. The lowest BCUT2D eigenvalue weighted by Crippen LogP contribution is -2.33. The first-order chi connectivity index (χ1) is 13.0. The Bertz CT molecular complexity index is 776.